The van der Waals surface area contributed by atoms with Crippen molar-refractivity contribution in [2.45, 2.75) is 51.7 Å². The van der Waals surface area contributed by atoms with Gasteiger partial charge in [0.15, 0.2) is 0 Å². The maximum Gasteiger partial charge on any atom is 0.249 e. The summed E-state index contributed by atoms with van der Waals surface area (Å²) in [6.07, 6.45) is 0.925. The minimum Gasteiger partial charge on any atom is -0.374 e. The Balaban J connectivity index is 1.96. The van der Waals surface area contributed by atoms with Crippen molar-refractivity contribution in [2.24, 2.45) is 0 Å². The van der Waals surface area contributed by atoms with Gasteiger partial charge in [-0.15, -0.1) is 0 Å². The van der Waals surface area contributed by atoms with Gasteiger partial charge in [0, 0.05) is 24.2 Å². The lowest BCUT2D eigenvalue weighted by Crippen LogP contribution is -2.47. The lowest BCUT2D eigenvalue weighted by atomic mass is 10.0. The van der Waals surface area contributed by atoms with Crippen molar-refractivity contribution in [1.29, 1.82) is 0 Å². The van der Waals surface area contributed by atoms with Crippen LogP contribution in [-0.2, 0) is 9.59 Å². The molecule has 1 aromatic rings. The molecule has 1 aliphatic heterocycles. The minimum absolute atomic E-state index is 0.193. The molecule has 0 aliphatic carbocycles. The van der Waals surface area contributed by atoms with Gasteiger partial charge in [0.05, 0.1) is 0 Å². The number of anilines is 1. The third-order valence-corrected chi connectivity index (χ3v) is 3.57. The fourth-order valence-corrected chi connectivity index (χ4v) is 2.50. The van der Waals surface area contributed by atoms with E-state index in [0.717, 1.165) is 5.69 Å². The van der Waals surface area contributed by atoms with E-state index in [0.29, 0.717) is 18.9 Å². The Kier molecular flexibility index (Phi) is 4.96. The molecule has 0 radical (unpaired) electrons. The van der Waals surface area contributed by atoms with Gasteiger partial charge in [-0.3, -0.25) is 14.9 Å². The minimum atomic E-state index is -0.334. The first-order valence-corrected chi connectivity index (χ1v) is 7.42. The summed E-state index contributed by atoms with van der Waals surface area (Å²) >= 11 is 0. The molecule has 21 heavy (non-hydrogen) atoms. The Morgan fingerprint density at radius 1 is 1.14 bits per heavy atom. The number of amides is 2. The van der Waals surface area contributed by atoms with Gasteiger partial charge in [-0.25, -0.2) is 0 Å². The third-order valence-electron chi connectivity index (χ3n) is 3.57. The number of imide groups is 1. The number of benzene rings is 1. The molecule has 0 bridgehead atoms. The van der Waals surface area contributed by atoms with E-state index in [1.54, 1.807) is 0 Å². The van der Waals surface area contributed by atoms with E-state index in [2.05, 4.69) is 36.7 Å². The highest BCUT2D eigenvalue weighted by atomic mass is 16.2. The van der Waals surface area contributed by atoms with Gasteiger partial charge in [-0.2, -0.15) is 0 Å². The summed E-state index contributed by atoms with van der Waals surface area (Å²) in [4.78, 5) is 22.8. The molecule has 2 atom stereocenters. The predicted octanol–water partition coefficient (Wildman–Crippen LogP) is 1.96. The van der Waals surface area contributed by atoms with E-state index >= 15 is 0 Å². The SMILES string of the molecule is CC(C)NC(C)c1ccc(NC2CCC(=O)NC2=O)cc1. The van der Waals surface area contributed by atoms with Gasteiger partial charge in [-0.1, -0.05) is 26.0 Å². The van der Waals surface area contributed by atoms with Crippen molar-refractivity contribution in [1.82, 2.24) is 10.6 Å². The molecule has 5 nitrogen and oxygen atoms in total. The van der Waals surface area contributed by atoms with Crippen LogP contribution in [0.4, 0.5) is 5.69 Å². The van der Waals surface area contributed by atoms with Crippen molar-refractivity contribution in [3.63, 3.8) is 0 Å². The first-order valence-electron chi connectivity index (χ1n) is 7.42. The average Bonchev–Trinajstić information content (AvgIpc) is 2.42. The van der Waals surface area contributed by atoms with E-state index < -0.39 is 0 Å². The van der Waals surface area contributed by atoms with Crippen LogP contribution in [0, 0.1) is 0 Å². The van der Waals surface area contributed by atoms with Gasteiger partial charge in [0.1, 0.15) is 6.04 Å². The Hall–Kier alpha value is -1.88. The Bertz CT molecular complexity index is 511. The van der Waals surface area contributed by atoms with E-state index in [-0.39, 0.29) is 23.9 Å². The second-order valence-electron chi connectivity index (χ2n) is 5.81. The molecule has 2 amide bonds. The average molecular weight is 289 g/mol. The molecular formula is C16H23N3O2. The topological polar surface area (TPSA) is 70.2 Å². The number of piperidine rings is 1. The van der Waals surface area contributed by atoms with Crippen LogP contribution in [0.1, 0.15) is 45.2 Å². The van der Waals surface area contributed by atoms with E-state index in [1.807, 2.05) is 24.3 Å². The standard InChI is InChI=1S/C16H23N3O2/c1-10(2)17-11(3)12-4-6-13(7-5-12)18-14-8-9-15(20)19-16(14)21/h4-7,10-11,14,17-18H,8-9H2,1-3H3,(H,19,20,21). The van der Waals surface area contributed by atoms with Gasteiger partial charge in [-0.05, 0) is 31.0 Å². The highest BCUT2D eigenvalue weighted by Gasteiger charge is 2.26. The molecule has 114 valence electrons. The smallest absolute Gasteiger partial charge is 0.249 e. The maximum atomic E-state index is 11.7. The molecular weight excluding hydrogens is 266 g/mol. The molecule has 2 rings (SSSR count). The Labute approximate surface area is 125 Å². The lowest BCUT2D eigenvalue weighted by molar-refractivity contribution is -0.133. The van der Waals surface area contributed by atoms with Crippen molar-refractivity contribution in [2.75, 3.05) is 5.32 Å². The van der Waals surface area contributed by atoms with E-state index in [4.69, 9.17) is 0 Å². The predicted molar refractivity (Wildman–Crippen MR) is 82.9 cm³/mol. The monoisotopic (exact) mass is 289 g/mol. The fourth-order valence-electron chi connectivity index (χ4n) is 2.50. The zero-order valence-corrected chi connectivity index (χ0v) is 12.8. The van der Waals surface area contributed by atoms with Crippen LogP contribution in [0.3, 0.4) is 0 Å². The van der Waals surface area contributed by atoms with Crippen LogP contribution in [0.5, 0.6) is 0 Å². The van der Waals surface area contributed by atoms with Gasteiger partial charge < -0.3 is 10.6 Å². The molecule has 0 aromatic heterocycles. The molecule has 2 unspecified atom stereocenters. The largest absolute Gasteiger partial charge is 0.374 e. The lowest BCUT2D eigenvalue weighted by Gasteiger charge is -2.23. The molecule has 5 heteroatoms. The van der Waals surface area contributed by atoms with Crippen molar-refractivity contribution >= 4 is 17.5 Å². The van der Waals surface area contributed by atoms with Crippen LogP contribution in [0.25, 0.3) is 0 Å². The molecule has 1 saturated heterocycles. The summed E-state index contributed by atoms with van der Waals surface area (Å²) in [5, 5.41) is 8.97. The van der Waals surface area contributed by atoms with Crippen LogP contribution in [0.2, 0.25) is 0 Å². The second-order valence-corrected chi connectivity index (χ2v) is 5.81. The number of nitrogens with one attached hydrogen (secondary N) is 3. The first kappa shape index (κ1) is 15.5. The number of hydrogen-bond donors (Lipinski definition) is 3. The van der Waals surface area contributed by atoms with Crippen molar-refractivity contribution < 1.29 is 9.59 Å². The van der Waals surface area contributed by atoms with E-state index in [1.165, 1.54) is 5.56 Å². The molecule has 0 saturated carbocycles. The molecule has 1 aliphatic rings. The summed E-state index contributed by atoms with van der Waals surface area (Å²) in [5.74, 6) is -0.438. The van der Waals surface area contributed by atoms with Gasteiger partial charge >= 0.3 is 0 Å². The zero-order valence-electron chi connectivity index (χ0n) is 12.8. The summed E-state index contributed by atoms with van der Waals surface area (Å²) in [6.45, 7) is 6.37. The molecule has 3 N–H and O–H groups in total. The number of hydrogen-bond acceptors (Lipinski definition) is 4. The highest BCUT2D eigenvalue weighted by molar-refractivity contribution is 6.01. The Morgan fingerprint density at radius 2 is 1.81 bits per heavy atom. The molecule has 1 heterocycles. The summed E-state index contributed by atoms with van der Waals surface area (Å²) < 4.78 is 0. The quantitative estimate of drug-likeness (QED) is 0.725. The number of carbonyl (C=O) groups is 2. The van der Waals surface area contributed by atoms with Crippen molar-refractivity contribution in [3.8, 4) is 0 Å². The van der Waals surface area contributed by atoms with Crippen LogP contribution in [0.15, 0.2) is 24.3 Å². The summed E-state index contributed by atoms with van der Waals surface area (Å²) in [6, 6.07) is 8.42. The van der Waals surface area contributed by atoms with Gasteiger partial charge in [0.2, 0.25) is 11.8 Å². The maximum absolute atomic E-state index is 11.7. The summed E-state index contributed by atoms with van der Waals surface area (Å²) in [7, 11) is 0. The third kappa shape index (κ3) is 4.29. The zero-order chi connectivity index (χ0) is 15.4. The Morgan fingerprint density at radius 3 is 2.38 bits per heavy atom. The first-order chi connectivity index (χ1) is 9.95. The molecule has 1 fully saturated rings. The van der Waals surface area contributed by atoms with Crippen LogP contribution in [-0.4, -0.2) is 23.9 Å². The highest BCUT2D eigenvalue weighted by Crippen LogP contribution is 2.18. The van der Waals surface area contributed by atoms with E-state index in [9.17, 15) is 9.59 Å². The van der Waals surface area contributed by atoms with Crippen molar-refractivity contribution in [3.05, 3.63) is 29.8 Å². The molecule has 1 aromatic carbocycles. The fraction of sp³-hybridized carbons (Fsp3) is 0.500. The second kappa shape index (κ2) is 6.72. The normalized spacial score (nSPS) is 20.3. The molecule has 0 spiro atoms. The summed E-state index contributed by atoms with van der Waals surface area (Å²) in [5.41, 5.74) is 2.10. The van der Waals surface area contributed by atoms with Crippen LogP contribution >= 0.6 is 0 Å². The van der Waals surface area contributed by atoms with Gasteiger partial charge in [0.25, 0.3) is 0 Å². The number of carbonyl (C=O) groups excluding carboxylic acids is 2. The van der Waals surface area contributed by atoms with Crippen LogP contribution < -0.4 is 16.0 Å². The number of rotatable bonds is 5.